The number of alkyl carbamates (subject to hydrolysis) is 1. The average molecular weight is 418 g/mol. The maximum atomic E-state index is 12.2. The van der Waals surface area contributed by atoms with Crippen molar-refractivity contribution >= 4 is 23.1 Å². The molecular formula is C24H27N5O2. The standard InChI is InChI=1S/C24H27N5O2/c1-24(2,3)31-23(30)26-19-12-13-28(16-19)22-27-20-6-4-5-7-21(20)29(22)15-18-10-8-17(14-25)9-11-18/h4-11,19H,12-13,15-16H2,1-3H3,(H,26,30). The fraction of sp³-hybridized carbons (Fsp3) is 0.375. The van der Waals surface area contributed by atoms with E-state index in [2.05, 4.69) is 26.9 Å². The molecule has 0 radical (unpaired) electrons. The Bertz CT molecular complexity index is 1120. The van der Waals surface area contributed by atoms with Gasteiger partial charge in [0.1, 0.15) is 5.60 Å². The molecule has 1 aliphatic rings. The summed E-state index contributed by atoms with van der Waals surface area (Å²) in [5.41, 5.74) is 3.23. The second kappa shape index (κ2) is 8.31. The number of hydrogen-bond donors (Lipinski definition) is 1. The third kappa shape index (κ3) is 4.80. The summed E-state index contributed by atoms with van der Waals surface area (Å²) in [6.07, 6.45) is 0.449. The van der Waals surface area contributed by atoms with Crippen molar-refractivity contribution in [2.24, 2.45) is 0 Å². The van der Waals surface area contributed by atoms with Gasteiger partial charge in [-0.2, -0.15) is 5.26 Å². The summed E-state index contributed by atoms with van der Waals surface area (Å²) >= 11 is 0. The number of nitrogens with zero attached hydrogens (tertiary/aromatic N) is 4. The van der Waals surface area contributed by atoms with Gasteiger partial charge in [-0.25, -0.2) is 9.78 Å². The fourth-order valence-electron chi connectivity index (χ4n) is 3.86. The summed E-state index contributed by atoms with van der Waals surface area (Å²) in [6.45, 7) is 7.71. The van der Waals surface area contributed by atoms with Gasteiger partial charge >= 0.3 is 6.09 Å². The number of imidazole rings is 1. The highest BCUT2D eigenvalue weighted by atomic mass is 16.6. The molecule has 1 N–H and O–H groups in total. The second-order valence-corrected chi connectivity index (χ2v) is 8.87. The molecule has 1 amide bonds. The zero-order chi connectivity index (χ0) is 22.0. The molecule has 160 valence electrons. The first-order valence-corrected chi connectivity index (χ1v) is 10.5. The van der Waals surface area contributed by atoms with Crippen LogP contribution in [0.25, 0.3) is 11.0 Å². The third-order valence-electron chi connectivity index (χ3n) is 5.25. The molecule has 0 spiro atoms. The fourth-order valence-corrected chi connectivity index (χ4v) is 3.86. The predicted octanol–water partition coefficient (Wildman–Crippen LogP) is 4.06. The van der Waals surface area contributed by atoms with Gasteiger partial charge < -0.3 is 19.5 Å². The lowest BCUT2D eigenvalue weighted by atomic mass is 10.1. The largest absolute Gasteiger partial charge is 0.444 e. The number of aromatic nitrogens is 2. The van der Waals surface area contributed by atoms with E-state index in [1.165, 1.54) is 0 Å². The van der Waals surface area contributed by atoms with Crippen molar-refractivity contribution in [3.8, 4) is 6.07 Å². The minimum atomic E-state index is -0.516. The monoisotopic (exact) mass is 417 g/mol. The van der Waals surface area contributed by atoms with Crippen LogP contribution in [0.1, 0.15) is 38.3 Å². The van der Waals surface area contributed by atoms with Crippen molar-refractivity contribution in [3.63, 3.8) is 0 Å². The van der Waals surface area contributed by atoms with E-state index in [0.717, 1.165) is 35.5 Å². The Labute approximate surface area is 182 Å². The van der Waals surface area contributed by atoms with Crippen molar-refractivity contribution in [2.75, 3.05) is 18.0 Å². The second-order valence-electron chi connectivity index (χ2n) is 8.87. The first kappa shape index (κ1) is 20.7. The van der Waals surface area contributed by atoms with Gasteiger partial charge in [0.2, 0.25) is 5.95 Å². The Kier molecular flexibility index (Phi) is 5.55. The Hall–Kier alpha value is -3.53. The maximum absolute atomic E-state index is 12.2. The molecule has 1 aromatic heterocycles. The zero-order valence-electron chi connectivity index (χ0n) is 18.1. The Morgan fingerprint density at radius 3 is 2.68 bits per heavy atom. The Morgan fingerprint density at radius 1 is 1.23 bits per heavy atom. The van der Waals surface area contributed by atoms with E-state index >= 15 is 0 Å². The molecular weight excluding hydrogens is 390 g/mol. The van der Waals surface area contributed by atoms with Gasteiger partial charge in [-0.3, -0.25) is 0 Å². The Morgan fingerprint density at radius 2 is 1.97 bits per heavy atom. The van der Waals surface area contributed by atoms with Crippen LogP contribution < -0.4 is 10.2 Å². The van der Waals surface area contributed by atoms with Crippen LogP contribution in [0.4, 0.5) is 10.7 Å². The van der Waals surface area contributed by atoms with Crippen molar-refractivity contribution in [2.45, 2.75) is 45.4 Å². The van der Waals surface area contributed by atoms with E-state index in [0.29, 0.717) is 18.7 Å². The minimum absolute atomic E-state index is 0.0121. The van der Waals surface area contributed by atoms with Crippen LogP contribution in [0.5, 0.6) is 0 Å². The third-order valence-corrected chi connectivity index (χ3v) is 5.25. The molecule has 1 aliphatic heterocycles. The minimum Gasteiger partial charge on any atom is -0.444 e. The first-order chi connectivity index (χ1) is 14.8. The molecule has 1 unspecified atom stereocenters. The van der Waals surface area contributed by atoms with Gasteiger partial charge in [0, 0.05) is 13.1 Å². The highest BCUT2D eigenvalue weighted by Crippen LogP contribution is 2.27. The SMILES string of the molecule is CC(C)(C)OC(=O)NC1CCN(c2nc3ccccc3n2Cc2ccc(C#N)cc2)C1. The van der Waals surface area contributed by atoms with Crippen LogP contribution in [0.15, 0.2) is 48.5 Å². The molecule has 1 atom stereocenters. The first-order valence-electron chi connectivity index (χ1n) is 10.5. The summed E-state index contributed by atoms with van der Waals surface area (Å²) in [4.78, 5) is 19.3. The molecule has 3 aromatic rings. The molecule has 0 aliphatic carbocycles. The smallest absolute Gasteiger partial charge is 0.407 e. The molecule has 2 heterocycles. The zero-order valence-corrected chi connectivity index (χ0v) is 18.1. The number of amides is 1. The van der Waals surface area contributed by atoms with Gasteiger partial charge in [-0.15, -0.1) is 0 Å². The lowest BCUT2D eigenvalue weighted by Crippen LogP contribution is -2.40. The predicted molar refractivity (Wildman–Crippen MR) is 120 cm³/mol. The van der Waals surface area contributed by atoms with E-state index in [9.17, 15) is 4.79 Å². The lowest BCUT2D eigenvalue weighted by Gasteiger charge is -2.22. The molecule has 0 saturated carbocycles. The number of benzene rings is 2. The number of fused-ring (bicyclic) bond motifs is 1. The van der Waals surface area contributed by atoms with Crippen molar-refractivity contribution in [1.82, 2.24) is 14.9 Å². The van der Waals surface area contributed by atoms with E-state index < -0.39 is 5.60 Å². The van der Waals surface area contributed by atoms with Crippen molar-refractivity contribution in [3.05, 3.63) is 59.7 Å². The normalized spacial score (nSPS) is 16.3. The number of para-hydroxylation sites is 2. The molecule has 0 bridgehead atoms. The molecule has 7 nitrogen and oxygen atoms in total. The quantitative estimate of drug-likeness (QED) is 0.692. The molecule has 2 aromatic carbocycles. The van der Waals surface area contributed by atoms with Gasteiger partial charge in [0.15, 0.2) is 0 Å². The molecule has 7 heteroatoms. The summed E-state index contributed by atoms with van der Waals surface area (Å²) in [6, 6.07) is 17.9. The van der Waals surface area contributed by atoms with E-state index in [1.54, 1.807) is 0 Å². The topological polar surface area (TPSA) is 83.2 Å². The number of anilines is 1. The lowest BCUT2D eigenvalue weighted by molar-refractivity contribution is 0.0509. The number of hydrogen-bond acceptors (Lipinski definition) is 5. The average Bonchev–Trinajstić information content (AvgIpc) is 3.32. The van der Waals surface area contributed by atoms with Crippen LogP contribution in [-0.2, 0) is 11.3 Å². The van der Waals surface area contributed by atoms with E-state index in [1.807, 2.05) is 63.2 Å². The molecule has 4 rings (SSSR count). The van der Waals surface area contributed by atoms with Crippen LogP contribution in [0.3, 0.4) is 0 Å². The van der Waals surface area contributed by atoms with Crippen LogP contribution in [0, 0.1) is 11.3 Å². The number of ether oxygens (including phenoxy) is 1. The summed E-state index contributed by atoms with van der Waals surface area (Å²) in [5.74, 6) is 0.888. The maximum Gasteiger partial charge on any atom is 0.407 e. The number of rotatable bonds is 4. The molecule has 1 fully saturated rings. The van der Waals surface area contributed by atoms with Gasteiger partial charge in [-0.05, 0) is 57.0 Å². The van der Waals surface area contributed by atoms with Gasteiger partial charge in [0.05, 0.1) is 35.3 Å². The number of nitriles is 1. The van der Waals surface area contributed by atoms with Gasteiger partial charge in [0.25, 0.3) is 0 Å². The highest BCUT2D eigenvalue weighted by molar-refractivity contribution is 5.79. The Balaban J connectivity index is 1.55. The number of carbonyl (C=O) groups is 1. The van der Waals surface area contributed by atoms with E-state index in [4.69, 9.17) is 15.0 Å². The summed E-state index contributed by atoms with van der Waals surface area (Å²) in [5, 5.41) is 12.0. The number of nitrogens with one attached hydrogen (secondary N) is 1. The molecule has 31 heavy (non-hydrogen) atoms. The van der Waals surface area contributed by atoms with Crippen LogP contribution in [0.2, 0.25) is 0 Å². The van der Waals surface area contributed by atoms with Gasteiger partial charge in [-0.1, -0.05) is 24.3 Å². The highest BCUT2D eigenvalue weighted by Gasteiger charge is 2.29. The number of carbonyl (C=O) groups excluding carboxylic acids is 1. The summed E-state index contributed by atoms with van der Waals surface area (Å²) < 4.78 is 7.60. The van der Waals surface area contributed by atoms with Crippen LogP contribution >= 0.6 is 0 Å². The molecule has 1 saturated heterocycles. The van der Waals surface area contributed by atoms with Crippen molar-refractivity contribution in [1.29, 1.82) is 5.26 Å². The van der Waals surface area contributed by atoms with Crippen molar-refractivity contribution < 1.29 is 9.53 Å². The van der Waals surface area contributed by atoms with Crippen LogP contribution in [-0.4, -0.2) is 40.4 Å². The summed E-state index contributed by atoms with van der Waals surface area (Å²) in [7, 11) is 0. The van der Waals surface area contributed by atoms with E-state index in [-0.39, 0.29) is 12.1 Å².